The molecule has 0 aromatic rings. The molecule has 0 bridgehead atoms. The molecular formula is C9H14Br2O2S. The number of thiol groups is 1. The molecule has 5 heteroatoms. The Balaban J connectivity index is 0. The first kappa shape index (κ1) is 16.7. The Labute approximate surface area is 108 Å². The minimum Gasteiger partial charge on any atom is -0.427 e. The summed E-state index contributed by atoms with van der Waals surface area (Å²) >= 11 is 9.93. The van der Waals surface area contributed by atoms with Crippen molar-refractivity contribution in [3.05, 3.63) is 20.8 Å². The second-order valence-electron chi connectivity index (χ2n) is 1.91. The average molecular weight is 346 g/mol. The highest BCUT2D eigenvalue weighted by atomic mass is 79.9. The minimum atomic E-state index is 0.474. The van der Waals surface area contributed by atoms with Crippen LogP contribution in [0.25, 0.3) is 0 Å². The first-order valence-corrected chi connectivity index (χ1v) is 6.13. The first-order chi connectivity index (χ1) is 6.65. The van der Waals surface area contributed by atoms with E-state index >= 15 is 0 Å². The molecule has 2 nitrogen and oxygen atoms in total. The monoisotopic (exact) mass is 344 g/mol. The van der Waals surface area contributed by atoms with Crippen LogP contribution in [0.5, 0.6) is 0 Å². The lowest BCUT2D eigenvalue weighted by molar-refractivity contribution is -0.105. The highest BCUT2D eigenvalue weighted by Crippen LogP contribution is 2.23. The quantitative estimate of drug-likeness (QED) is 0.204. The smallest absolute Gasteiger partial charge is 0.158 e. The summed E-state index contributed by atoms with van der Waals surface area (Å²) in [4.78, 5) is 10.4. The minimum absolute atomic E-state index is 0.474. The van der Waals surface area contributed by atoms with E-state index in [4.69, 9.17) is 4.18 Å². The molecule has 0 atom stereocenters. The lowest BCUT2D eigenvalue weighted by Crippen LogP contribution is -1.85. The summed E-state index contributed by atoms with van der Waals surface area (Å²) in [6, 6.07) is 0. The number of aldehydes is 1. The molecule has 0 aliphatic heterocycles. The normalized spacial score (nSPS) is 9.71. The van der Waals surface area contributed by atoms with Crippen molar-refractivity contribution < 1.29 is 8.98 Å². The van der Waals surface area contributed by atoms with E-state index in [0.29, 0.717) is 21.1 Å². The predicted molar refractivity (Wildman–Crippen MR) is 70.7 cm³/mol. The van der Waals surface area contributed by atoms with Crippen molar-refractivity contribution in [2.75, 3.05) is 0 Å². The van der Waals surface area contributed by atoms with E-state index in [1.807, 2.05) is 20.8 Å². The van der Waals surface area contributed by atoms with E-state index < -0.39 is 0 Å². The lowest BCUT2D eigenvalue weighted by atomic mass is 10.2. The van der Waals surface area contributed by atoms with Gasteiger partial charge in [0.1, 0.15) is 9.68 Å². The molecule has 0 fully saturated rings. The second-order valence-corrected chi connectivity index (χ2v) is 4.74. The van der Waals surface area contributed by atoms with Crippen LogP contribution in [0.15, 0.2) is 20.8 Å². The van der Waals surface area contributed by atoms with Gasteiger partial charge in [-0.15, -0.1) is 0 Å². The van der Waals surface area contributed by atoms with Crippen LogP contribution >= 0.6 is 44.8 Å². The van der Waals surface area contributed by atoms with Crippen LogP contribution in [-0.4, -0.2) is 6.29 Å². The summed E-state index contributed by atoms with van der Waals surface area (Å²) in [5.41, 5.74) is 0.649. The molecular weight excluding hydrogens is 332 g/mol. The zero-order chi connectivity index (χ0) is 11.6. The van der Waals surface area contributed by atoms with Crippen molar-refractivity contribution in [3.63, 3.8) is 0 Å². The van der Waals surface area contributed by atoms with Crippen LogP contribution in [0.3, 0.4) is 0 Å². The Morgan fingerprint density at radius 1 is 1.43 bits per heavy atom. The van der Waals surface area contributed by atoms with Gasteiger partial charge in [-0.3, -0.25) is 4.79 Å². The van der Waals surface area contributed by atoms with E-state index in [0.717, 1.165) is 6.29 Å². The Hall–Kier alpha value is 0.260. The number of halogens is 2. The van der Waals surface area contributed by atoms with Crippen LogP contribution in [0.1, 0.15) is 27.2 Å². The van der Waals surface area contributed by atoms with Crippen molar-refractivity contribution in [3.8, 4) is 0 Å². The molecule has 0 radical (unpaired) electrons. The number of hydrogen-bond donors (Lipinski definition) is 1. The van der Waals surface area contributed by atoms with E-state index in [1.54, 1.807) is 6.08 Å². The molecule has 0 aliphatic rings. The number of hydrogen-bond acceptors (Lipinski definition) is 3. The van der Waals surface area contributed by atoms with E-state index in [-0.39, 0.29) is 0 Å². The van der Waals surface area contributed by atoms with E-state index in [2.05, 4.69) is 44.8 Å². The summed E-state index contributed by atoms with van der Waals surface area (Å²) in [7, 11) is 0. The zero-order valence-electron chi connectivity index (χ0n) is 8.38. The lowest BCUT2D eigenvalue weighted by Gasteiger charge is -1.99. The molecule has 0 unspecified atom stereocenters. The van der Waals surface area contributed by atoms with Gasteiger partial charge in [0.15, 0.2) is 5.76 Å². The van der Waals surface area contributed by atoms with Crippen molar-refractivity contribution in [1.29, 1.82) is 0 Å². The zero-order valence-corrected chi connectivity index (χ0v) is 12.4. The third-order valence-electron chi connectivity index (χ3n) is 1.16. The van der Waals surface area contributed by atoms with Crippen molar-refractivity contribution in [2.24, 2.45) is 0 Å². The number of carbonyl (C=O) groups excluding carboxylic acids is 1. The van der Waals surface area contributed by atoms with Crippen LogP contribution in [0.2, 0.25) is 0 Å². The van der Waals surface area contributed by atoms with Gasteiger partial charge in [-0.1, -0.05) is 20.8 Å². The summed E-state index contributed by atoms with van der Waals surface area (Å²) in [5.74, 6) is 0.474. The molecule has 0 saturated carbocycles. The molecule has 0 N–H and O–H groups in total. The summed E-state index contributed by atoms with van der Waals surface area (Å²) in [5, 5.41) is 0. The van der Waals surface area contributed by atoms with Crippen molar-refractivity contribution >= 4 is 51.1 Å². The maximum Gasteiger partial charge on any atom is 0.158 e. The SMILES string of the molecule is CC.CC/C(C=O)=C/C(OS)=C(Br)Br. The van der Waals surface area contributed by atoms with E-state index in [9.17, 15) is 4.79 Å². The molecule has 14 heavy (non-hydrogen) atoms. The third kappa shape index (κ3) is 7.64. The highest BCUT2D eigenvalue weighted by molar-refractivity contribution is 9.28. The highest BCUT2D eigenvalue weighted by Gasteiger charge is 2.00. The Kier molecular flexibility index (Phi) is 13.5. The van der Waals surface area contributed by atoms with Crippen LogP contribution in [-0.2, 0) is 8.98 Å². The van der Waals surface area contributed by atoms with Crippen molar-refractivity contribution in [1.82, 2.24) is 0 Å². The van der Waals surface area contributed by atoms with Gasteiger partial charge in [-0.05, 0) is 49.9 Å². The molecule has 0 aromatic carbocycles. The van der Waals surface area contributed by atoms with Gasteiger partial charge in [0.05, 0.1) is 0 Å². The summed E-state index contributed by atoms with van der Waals surface area (Å²) in [6.07, 6.45) is 3.06. The van der Waals surface area contributed by atoms with Gasteiger partial charge in [-0.2, -0.15) is 0 Å². The summed E-state index contributed by atoms with van der Waals surface area (Å²) < 4.78 is 5.31. The Morgan fingerprint density at radius 3 is 2.14 bits per heavy atom. The van der Waals surface area contributed by atoms with Crippen LogP contribution < -0.4 is 0 Å². The van der Waals surface area contributed by atoms with Crippen LogP contribution in [0, 0.1) is 0 Å². The fourth-order valence-corrected chi connectivity index (χ4v) is 1.29. The third-order valence-corrected chi connectivity index (χ3v) is 2.14. The number of allylic oxidation sites excluding steroid dienone is 2. The first-order valence-electron chi connectivity index (χ1n) is 4.18. The molecule has 0 saturated heterocycles. The van der Waals surface area contributed by atoms with Crippen molar-refractivity contribution in [2.45, 2.75) is 27.2 Å². The standard InChI is InChI=1S/C7H8Br2O2S.C2H6/c1-2-5(4-10)3-6(11-12)7(8)9;1-2/h3-4,12H,2H2,1H3;1-2H3/b5-3-;. The summed E-state index contributed by atoms with van der Waals surface area (Å²) in [6.45, 7) is 5.89. The maximum atomic E-state index is 10.4. The van der Waals surface area contributed by atoms with Gasteiger partial charge >= 0.3 is 0 Å². The Bertz CT molecular complexity index is 221. The topological polar surface area (TPSA) is 26.3 Å². The molecule has 82 valence electrons. The predicted octanol–water partition coefficient (Wildman–Crippen LogP) is 4.37. The van der Waals surface area contributed by atoms with Gasteiger partial charge in [-0.25, -0.2) is 0 Å². The molecule has 0 amide bonds. The molecule has 0 rings (SSSR count). The maximum absolute atomic E-state index is 10.4. The molecule has 0 heterocycles. The largest absolute Gasteiger partial charge is 0.427 e. The number of carbonyl (C=O) groups is 1. The molecule has 0 spiro atoms. The van der Waals surface area contributed by atoms with Crippen LogP contribution in [0.4, 0.5) is 0 Å². The molecule has 0 aromatic heterocycles. The fourth-order valence-electron chi connectivity index (χ4n) is 0.503. The van der Waals surface area contributed by atoms with Gasteiger partial charge in [0.25, 0.3) is 0 Å². The van der Waals surface area contributed by atoms with Gasteiger partial charge in [0.2, 0.25) is 0 Å². The van der Waals surface area contributed by atoms with Gasteiger partial charge < -0.3 is 4.18 Å². The fraction of sp³-hybridized carbons (Fsp3) is 0.444. The molecule has 0 aliphatic carbocycles. The Morgan fingerprint density at radius 2 is 1.93 bits per heavy atom. The average Bonchev–Trinajstić information content (AvgIpc) is 2.22. The number of rotatable bonds is 4. The second kappa shape index (κ2) is 11.3. The van der Waals surface area contributed by atoms with Gasteiger partial charge in [0, 0.05) is 12.9 Å². The van der Waals surface area contributed by atoms with E-state index in [1.165, 1.54) is 0 Å².